The first kappa shape index (κ1) is 22.7. The van der Waals surface area contributed by atoms with Gasteiger partial charge in [0, 0.05) is 29.0 Å². The van der Waals surface area contributed by atoms with Gasteiger partial charge in [0.25, 0.3) is 5.56 Å². The van der Waals surface area contributed by atoms with E-state index in [0.717, 1.165) is 6.07 Å². The van der Waals surface area contributed by atoms with Crippen molar-refractivity contribution in [3.8, 4) is 5.69 Å². The number of carbonyl (C=O) groups is 2. The molecule has 9 heteroatoms. The van der Waals surface area contributed by atoms with Crippen molar-refractivity contribution >= 4 is 34.8 Å². The van der Waals surface area contributed by atoms with E-state index in [2.05, 4.69) is 10.6 Å². The standard InChI is InChI=1S/C24H21ClFN3O4/c25-14-4-6-15(7-5-14)27-23(32)18-12-17(30)13-19(18)24(33)28-21-9-8-16(11-20(21)26)29-10-2-1-3-22(29)31/h1-11,17-19,30H,12-13H2,(H,27,32)(H,28,33)/t17-,18-,19-/m0/s1. The Morgan fingerprint density at radius 3 is 2.27 bits per heavy atom. The summed E-state index contributed by atoms with van der Waals surface area (Å²) < 4.78 is 16.0. The molecular formula is C24H21ClFN3O4. The molecule has 0 bridgehead atoms. The lowest BCUT2D eigenvalue weighted by Crippen LogP contribution is -2.33. The smallest absolute Gasteiger partial charge is 0.255 e. The molecule has 1 aliphatic carbocycles. The van der Waals surface area contributed by atoms with Crippen LogP contribution in [0.15, 0.2) is 71.7 Å². The lowest BCUT2D eigenvalue weighted by molar-refractivity contribution is -0.128. The minimum atomic E-state index is -0.830. The van der Waals surface area contributed by atoms with Crippen LogP contribution in [-0.4, -0.2) is 27.6 Å². The first-order chi connectivity index (χ1) is 15.8. The van der Waals surface area contributed by atoms with Crippen molar-refractivity contribution in [3.63, 3.8) is 0 Å². The Hall–Kier alpha value is -3.49. The van der Waals surface area contributed by atoms with Crippen LogP contribution in [0.25, 0.3) is 5.69 Å². The number of aliphatic hydroxyl groups is 1. The second-order valence-electron chi connectivity index (χ2n) is 7.90. The highest BCUT2D eigenvalue weighted by molar-refractivity contribution is 6.30. The van der Waals surface area contributed by atoms with E-state index in [0.29, 0.717) is 16.4 Å². The maximum Gasteiger partial charge on any atom is 0.255 e. The Kier molecular flexibility index (Phi) is 6.57. The molecule has 0 aliphatic heterocycles. The summed E-state index contributed by atoms with van der Waals surface area (Å²) >= 11 is 5.86. The van der Waals surface area contributed by atoms with Gasteiger partial charge < -0.3 is 15.7 Å². The van der Waals surface area contributed by atoms with Crippen LogP contribution in [0.2, 0.25) is 5.02 Å². The number of rotatable bonds is 5. The summed E-state index contributed by atoms with van der Waals surface area (Å²) in [5.74, 6) is -3.30. The van der Waals surface area contributed by atoms with E-state index >= 15 is 0 Å². The number of aromatic nitrogens is 1. The highest BCUT2D eigenvalue weighted by atomic mass is 35.5. The van der Waals surface area contributed by atoms with Gasteiger partial charge in [-0.25, -0.2) is 4.39 Å². The predicted molar refractivity (Wildman–Crippen MR) is 123 cm³/mol. The largest absolute Gasteiger partial charge is 0.393 e. The molecular weight excluding hydrogens is 449 g/mol. The second-order valence-corrected chi connectivity index (χ2v) is 8.33. The first-order valence-electron chi connectivity index (χ1n) is 10.3. The molecule has 1 fully saturated rings. The van der Waals surface area contributed by atoms with Crippen molar-refractivity contribution < 1.29 is 19.1 Å². The molecule has 170 valence electrons. The van der Waals surface area contributed by atoms with Gasteiger partial charge in [0.15, 0.2) is 0 Å². The first-order valence-corrected chi connectivity index (χ1v) is 10.7. The average molecular weight is 470 g/mol. The fraction of sp³-hybridized carbons (Fsp3) is 0.208. The Morgan fingerprint density at radius 1 is 0.970 bits per heavy atom. The van der Waals surface area contributed by atoms with Crippen molar-refractivity contribution in [2.24, 2.45) is 11.8 Å². The van der Waals surface area contributed by atoms with Crippen LogP contribution in [0.3, 0.4) is 0 Å². The average Bonchev–Trinajstić information content (AvgIpc) is 3.19. The monoisotopic (exact) mass is 469 g/mol. The number of anilines is 2. The van der Waals surface area contributed by atoms with Crippen LogP contribution in [0, 0.1) is 17.7 Å². The van der Waals surface area contributed by atoms with Gasteiger partial charge in [0.2, 0.25) is 11.8 Å². The zero-order chi connectivity index (χ0) is 23.5. The van der Waals surface area contributed by atoms with Gasteiger partial charge in [-0.05, 0) is 55.3 Å². The maximum atomic E-state index is 14.7. The number of hydrogen-bond acceptors (Lipinski definition) is 4. The van der Waals surface area contributed by atoms with Crippen molar-refractivity contribution in [3.05, 3.63) is 88.1 Å². The molecule has 0 unspecified atom stereocenters. The maximum absolute atomic E-state index is 14.7. The predicted octanol–water partition coefficient (Wildman–Crippen LogP) is 3.59. The number of nitrogens with one attached hydrogen (secondary N) is 2. The molecule has 7 nitrogen and oxygen atoms in total. The van der Waals surface area contributed by atoms with Crippen molar-refractivity contribution in [2.45, 2.75) is 18.9 Å². The number of hydrogen-bond donors (Lipinski definition) is 3. The summed E-state index contributed by atoms with van der Waals surface area (Å²) in [6.07, 6.45) is 0.900. The van der Waals surface area contributed by atoms with Crippen LogP contribution in [0.5, 0.6) is 0 Å². The molecule has 1 aromatic heterocycles. The molecule has 2 aromatic carbocycles. The van der Waals surface area contributed by atoms with E-state index in [1.807, 2.05) is 0 Å². The van der Waals surface area contributed by atoms with Crippen molar-refractivity contribution in [2.75, 3.05) is 10.6 Å². The second kappa shape index (κ2) is 9.56. The fourth-order valence-corrected chi connectivity index (χ4v) is 4.11. The quantitative estimate of drug-likeness (QED) is 0.531. The summed E-state index contributed by atoms with van der Waals surface area (Å²) in [6, 6.07) is 15.1. The molecule has 33 heavy (non-hydrogen) atoms. The summed E-state index contributed by atoms with van der Waals surface area (Å²) in [7, 11) is 0. The van der Waals surface area contributed by atoms with Crippen LogP contribution >= 0.6 is 11.6 Å². The minimum Gasteiger partial charge on any atom is -0.393 e. The molecule has 2 amide bonds. The van der Waals surface area contributed by atoms with Gasteiger partial charge in [0.05, 0.1) is 29.3 Å². The zero-order valence-electron chi connectivity index (χ0n) is 17.4. The molecule has 4 rings (SSSR count). The number of benzene rings is 2. The molecule has 0 spiro atoms. The third-order valence-corrected chi connectivity index (χ3v) is 5.89. The molecule has 0 saturated heterocycles. The summed E-state index contributed by atoms with van der Waals surface area (Å²) in [4.78, 5) is 37.6. The lowest BCUT2D eigenvalue weighted by atomic mass is 9.94. The topological polar surface area (TPSA) is 100 Å². The van der Waals surface area contributed by atoms with Crippen LogP contribution in [0.1, 0.15) is 12.8 Å². The van der Waals surface area contributed by atoms with E-state index in [1.54, 1.807) is 36.4 Å². The third kappa shape index (κ3) is 5.13. The lowest BCUT2D eigenvalue weighted by Gasteiger charge is -2.19. The minimum absolute atomic E-state index is 0.0778. The number of aliphatic hydroxyl groups excluding tert-OH is 1. The van der Waals surface area contributed by atoms with Crippen LogP contribution in [-0.2, 0) is 9.59 Å². The van der Waals surface area contributed by atoms with Gasteiger partial charge in [-0.1, -0.05) is 17.7 Å². The summed E-state index contributed by atoms with van der Waals surface area (Å²) in [5, 5.41) is 15.9. The van der Waals surface area contributed by atoms with Gasteiger partial charge in [-0.15, -0.1) is 0 Å². The number of halogens is 2. The molecule has 1 saturated carbocycles. The normalized spacial score (nSPS) is 19.8. The third-order valence-electron chi connectivity index (χ3n) is 5.63. The Morgan fingerprint density at radius 2 is 1.64 bits per heavy atom. The Labute approximate surface area is 193 Å². The molecule has 3 N–H and O–H groups in total. The highest BCUT2D eigenvalue weighted by Crippen LogP contribution is 2.34. The van der Waals surface area contributed by atoms with Gasteiger partial charge in [-0.2, -0.15) is 0 Å². The molecule has 1 aliphatic rings. The van der Waals surface area contributed by atoms with E-state index in [4.69, 9.17) is 11.6 Å². The molecule has 1 heterocycles. The van der Waals surface area contributed by atoms with Crippen molar-refractivity contribution in [1.82, 2.24) is 4.57 Å². The fourth-order valence-electron chi connectivity index (χ4n) is 3.98. The van der Waals surface area contributed by atoms with Gasteiger partial charge in [0.1, 0.15) is 5.82 Å². The SMILES string of the molecule is O=C(Nc1ccc(Cl)cc1)[C@H]1C[C@H](O)C[C@@H]1C(=O)Nc1ccc(-n2ccccc2=O)cc1F. The zero-order valence-corrected chi connectivity index (χ0v) is 18.1. The molecule has 0 radical (unpaired) electrons. The molecule has 3 atom stereocenters. The van der Waals surface area contributed by atoms with E-state index in [9.17, 15) is 23.9 Å². The highest BCUT2D eigenvalue weighted by Gasteiger charge is 2.42. The van der Waals surface area contributed by atoms with Crippen molar-refractivity contribution in [1.29, 1.82) is 0 Å². The van der Waals surface area contributed by atoms with E-state index < -0.39 is 35.6 Å². The Balaban J connectivity index is 1.48. The number of amides is 2. The number of pyridine rings is 1. The molecule has 3 aromatic rings. The summed E-state index contributed by atoms with van der Waals surface area (Å²) in [5.41, 5.74) is 0.435. The Bertz CT molecular complexity index is 1240. The van der Waals surface area contributed by atoms with E-state index in [1.165, 1.54) is 29.0 Å². The number of nitrogens with zero attached hydrogens (tertiary/aromatic N) is 1. The van der Waals surface area contributed by atoms with Gasteiger partial charge in [-0.3, -0.25) is 19.0 Å². The number of carbonyl (C=O) groups excluding carboxylic acids is 2. The van der Waals surface area contributed by atoms with Crippen LogP contribution < -0.4 is 16.2 Å². The summed E-state index contributed by atoms with van der Waals surface area (Å²) in [6.45, 7) is 0. The van der Waals surface area contributed by atoms with Crippen LogP contribution in [0.4, 0.5) is 15.8 Å². The van der Waals surface area contributed by atoms with Gasteiger partial charge >= 0.3 is 0 Å². The van der Waals surface area contributed by atoms with E-state index in [-0.39, 0.29) is 24.1 Å².